The Morgan fingerprint density at radius 3 is 2.16 bits per heavy atom. The molecule has 1 unspecified atom stereocenters. The van der Waals surface area contributed by atoms with Gasteiger partial charge in [0.15, 0.2) is 11.5 Å². The van der Waals surface area contributed by atoms with Crippen LogP contribution in [0.25, 0.3) is 0 Å². The van der Waals surface area contributed by atoms with Crippen molar-refractivity contribution in [1.82, 2.24) is 10.2 Å². The van der Waals surface area contributed by atoms with Crippen LogP contribution in [0.1, 0.15) is 32.8 Å². The fourth-order valence-corrected chi connectivity index (χ4v) is 6.15. The van der Waals surface area contributed by atoms with E-state index >= 15 is 0 Å². The number of amides is 2. The van der Waals surface area contributed by atoms with Crippen molar-refractivity contribution in [2.75, 3.05) is 31.6 Å². The zero-order valence-corrected chi connectivity index (χ0v) is 27.2. The molecule has 0 spiro atoms. The van der Waals surface area contributed by atoms with Crippen molar-refractivity contribution < 1.29 is 27.5 Å². The number of benzene rings is 3. The standard InChI is InChI=1S/C31H37Cl2N3O6S/c1-6-27(31(38)34-18-21(2)3)35(19-22-12-14-25(32)26(33)16-22)30(37)20-36(43(39,40)24-10-8-7-9-11-24)23-13-15-28(41-4)29(17-23)42-5/h7-17,21,27H,6,18-20H2,1-5H3,(H,34,38). The third-order valence-electron chi connectivity index (χ3n) is 6.67. The third kappa shape index (κ3) is 8.55. The number of ether oxygens (including phenoxy) is 2. The van der Waals surface area contributed by atoms with Crippen molar-refractivity contribution in [2.24, 2.45) is 5.92 Å². The van der Waals surface area contributed by atoms with Crippen LogP contribution in [0, 0.1) is 5.92 Å². The highest BCUT2D eigenvalue weighted by Gasteiger charge is 2.34. The minimum absolute atomic E-state index is 0.00432. The Bertz CT molecular complexity index is 1520. The van der Waals surface area contributed by atoms with Gasteiger partial charge in [-0.05, 0) is 54.3 Å². The largest absolute Gasteiger partial charge is 0.493 e. The van der Waals surface area contributed by atoms with Gasteiger partial charge in [0.05, 0.1) is 34.8 Å². The monoisotopic (exact) mass is 649 g/mol. The maximum Gasteiger partial charge on any atom is 0.264 e. The molecule has 3 aromatic carbocycles. The van der Waals surface area contributed by atoms with E-state index < -0.39 is 28.5 Å². The van der Waals surface area contributed by atoms with Crippen LogP contribution in [-0.4, -0.2) is 58.5 Å². The van der Waals surface area contributed by atoms with Crippen molar-refractivity contribution in [3.8, 4) is 11.5 Å². The van der Waals surface area contributed by atoms with Gasteiger partial charge in [-0.25, -0.2) is 8.42 Å². The summed E-state index contributed by atoms with van der Waals surface area (Å²) in [5.41, 5.74) is 0.808. The SMILES string of the molecule is CCC(C(=O)NCC(C)C)N(Cc1ccc(Cl)c(Cl)c1)C(=O)CN(c1ccc(OC)c(OC)c1)S(=O)(=O)c1ccccc1. The lowest BCUT2D eigenvalue weighted by Gasteiger charge is -2.33. The predicted octanol–water partition coefficient (Wildman–Crippen LogP) is 5.79. The predicted molar refractivity (Wildman–Crippen MR) is 169 cm³/mol. The summed E-state index contributed by atoms with van der Waals surface area (Å²) in [6.45, 7) is 5.55. The first-order valence-corrected chi connectivity index (χ1v) is 15.9. The molecule has 2 amide bonds. The first-order chi connectivity index (χ1) is 20.4. The highest BCUT2D eigenvalue weighted by molar-refractivity contribution is 7.92. The summed E-state index contributed by atoms with van der Waals surface area (Å²) < 4.78 is 39.8. The maximum atomic E-state index is 14.2. The average molecular weight is 651 g/mol. The molecule has 9 nitrogen and oxygen atoms in total. The minimum Gasteiger partial charge on any atom is -0.493 e. The number of sulfonamides is 1. The highest BCUT2D eigenvalue weighted by Crippen LogP contribution is 2.34. The summed E-state index contributed by atoms with van der Waals surface area (Å²) in [7, 11) is -1.33. The Labute approximate surface area is 263 Å². The summed E-state index contributed by atoms with van der Waals surface area (Å²) in [6, 6.07) is 16.5. The fraction of sp³-hybridized carbons (Fsp3) is 0.355. The molecule has 0 saturated carbocycles. The second-order valence-electron chi connectivity index (χ2n) is 10.2. The number of halogens is 2. The summed E-state index contributed by atoms with van der Waals surface area (Å²) in [5.74, 6) is -0.0611. The summed E-state index contributed by atoms with van der Waals surface area (Å²) in [6.07, 6.45) is 0.290. The molecule has 1 atom stereocenters. The molecule has 1 N–H and O–H groups in total. The topological polar surface area (TPSA) is 105 Å². The Hall–Kier alpha value is -3.47. The molecule has 232 valence electrons. The molecule has 12 heteroatoms. The van der Waals surface area contributed by atoms with E-state index in [4.69, 9.17) is 32.7 Å². The molecule has 0 aliphatic carbocycles. The second kappa shape index (κ2) is 15.3. The van der Waals surface area contributed by atoms with E-state index in [0.717, 1.165) is 4.31 Å². The van der Waals surface area contributed by atoms with E-state index in [1.54, 1.807) is 49.4 Å². The molecule has 3 aromatic rings. The number of nitrogens with zero attached hydrogens (tertiary/aromatic N) is 2. The quantitative estimate of drug-likeness (QED) is 0.237. The molecule has 0 saturated heterocycles. The fourth-order valence-electron chi connectivity index (χ4n) is 4.41. The summed E-state index contributed by atoms with van der Waals surface area (Å²) in [5, 5.41) is 3.54. The number of carbonyl (C=O) groups is 2. The average Bonchev–Trinajstić information content (AvgIpc) is 3.00. The lowest BCUT2D eigenvalue weighted by atomic mass is 10.1. The van der Waals surface area contributed by atoms with Crippen LogP contribution in [0.15, 0.2) is 71.6 Å². The number of anilines is 1. The van der Waals surface area contributed by atoms with E-state index in [0.29, 0.717) is 34.3 Å². The van der Waals surface area contributed by atoms with Crippen LogP contribution in [-0.2, 0) is 26.2 Å². The van der Waals surface area contributed by atoms with Crippen molar-refractivity contribution in [3.63, 3.8) is 0 Å². The van der Waals surface area contributed by atoms with Gasteiger partial charge in [-0.15, -0.1) is 0 Å². The van der Waals surface area contributed by atoms with E-state index in [-0.39, 0.29) is 34.7 Å². The Balaban J connectivity index is 2.11. The number of carbonyl (C=O) groups excluding carboxylic acids is 2. The lowest BCUT2D eigenvalue weighted by molar-refractivity contribution is -0.140. The molecule has 43 heavy (non-hydrogen) atoms. The van der Waals surface area contributed by atoms with Gasteiger partial charge < -0.3 is 19.7 Å². The lowest BCUT2D eigenvalue weighted by Crippen LogP contribution is -2.52. The maximum absolute atomic E-state index is 14.2. The van der Waals surface area contributed by atoms with Crippen LogP contribution >= 0.6 is 23.2 Å². The summed E-state index contributed by atoms with van der Waals surface area (Å²) in [4.78, 5) is 28.9. The number of hydrogen-bond donors (Lipinski definition) is 1. The van der Waals surface area contributed by atoms with E-state index in [9.17, 15) is 18.0 Å². The van der Waals surface area contributed by atoms with E-state index in [1.165, 1.54) is 43.4 Å². The second-order valence-corrected chi connectivity index (χ2v) is 12.9. The van der Waals surface area contributed by atoms with Crippen molar-refractivity contribution in [1.29, 1.82) is 0 Å². The van der Waals surface area contributed by atoms with Gasteiger partial charge in [-0.3, -0.25) is 13.9 Å². The molecular weight excluding hydrogens is 613 g/mol. The normalized spacial score (nSPS) is 12.0. The molecule has 0 aromatic heterocycles. The van der Waals surface area contributed by atoms with Crippen LogP contribution in [0.2, 0.25) is 10.0 Å². The van der Waals surface area contributed by atoms with Gasteiger partial charge in [-0.2, -0.15) is 0 Å². The highest BCUT2D eigenvalue weighted by atomic mass is 35.5. The molecule has 0 radical (unpaired) electrons. The molecule has 0 fully saturated rings. The number of hydrogen-bond acceptors (Lipinski definition) is 6. The molecule has 3 rings (SSSR count). The van der Waals surface area contributed by atoms with Crippen LogP contribution in [0.5, 0.6) is 11.5 Å². The van der Waals surface area contributed by atoms with Crippen molar-refractivity contribution in [2.45, 2.75) is 44.7 Å². The Kier molecular flexibility index (Phi) is 12.1. The van der Waals surface area contributed by atoms with Crippen molar-refractivity contribution >= 4 is 50.7 Å². The molecular formula is C31H37Cl2N3O6S. The van der Waals surface area contributed by atoms with E-state index in [2.05, 4.69) is 5.32 Å². The molecule has 0 aliphatic heterocycles. The first kappa shape index (κ1) is 34.0. The Morgan fingerprint density at radius 2 is 1.58 bits per heavy atom. The van der Waals surface area contributed by atoms with Gasteiger partial charge >= 0.3 is 0 Å². The summed E-state index contributed by atoms with van der Waals surface area (Å²) >= 11 is 12.4. The third-order valence-corrected chi connectivity index (χ3v) is 9.20. The van der Waals surface area contributed by atoms with Gasteiger partial charge in [0.1, 0.15) is 12.6 Å². The van der Waals surface area contributed by atoms with Gasteiger partial charge in [-0.1, -0.05) is 68.2 Å². The van der Waals surface area contributed by atoms with Crippen LogP contribution in [0.4, 0.5) is 5.69 Å². The van der Waals surface area contributed by atoms with Crippen LogP contribution < -0.4 is 19.1 Å². The van der Waals surface area contributed by atoms with Crippen LogP contribution in [0.3, 0.4) is 0 Å². The zero-order chi connectivity index (χ0) is 31.7. The van der Waals surface area contributed by atoms with Gasteiger partial charge in [0, 0.05) is 19.2 Å². The zero-order valence-electron chi connectivity index (χ0n) is 24.8. The van der Waals surface area contributed by atoms with E-state index in [1.807, 2.05) is 13.8 Å². The van der Waals surface area contributed by atoms with Crippen molar-refractivity contribution in [3.05, 3.63) is 82.3 Å². The molecule has 0 heterocycles. The molecule has 0 aliphatic rings. The number of methoxy groups -OCH3 is 2. The Morgan fingerprint density at radius 1 is 0.907 bits per heavy atom. The smallest absolute Gasteiger partial charge is 0.264 e. The van der Waals surface area contributed by atoms with Gasteiger partial charge in [0.2, 0.25) is 11.8 Å². The number of nitrogens with one attached hydrogen (secondary N) is 1. The first-order valence-electron chi connectivity index (χ1n) is 13.7. The molecule has 0 bridgehead atoms. The number of rotatable bonds is 14. The van der Waals surface area contributed by atoms with Gasteiger partial charge in [0.25, 0.3) is 10.0 Å². The minimum atomic E-state index is -4.24.